The number of piperidine rings is 1. The molecule has 110 valence electrons. The molecule has 0 aromatic heterocycles. The maximum atomic E-state index is 6.41. The zero-order valence-corrected chi connectivity index (χ0v) is 13.8. The van der Waals surface area contributed by atoms with E-state index in [0.29, 0.717) is 11.1 Å². The van der Waals surface area contributed by atoms with Gasteiger partial charge in [0.15, 0.2) is 0 Å². The van der Waals surface area contributed by atoms with Gasteiger partial charge in [0.2, 0.25) is 0 Å². The molecule has 0 amide bonds. The van der Waals surface area contributed by atoms with Gasteiger partial charge < -0.3 is 4.90 Å². The van der Waals surface area contributed by atoms with Crippen molar-refractivity contribution >= 4 is 40.5 Å². The van der Waals surface area contributed by atoms with Crippen LogP contribution in [0.3, 0.4) is 0 Å². The van der Waals surface area contributed by atoms with Gasteiger partial charge in [0.05, 0.1) is 6.04 Å². The molecule has 0 aliphatic carbocycles. The zero-order valence-electron chi connectivity index (χ0n) is 11.5. The van der Waals surface area contributed by atoms with Crippen LogP contribution in [0.1, 0.15) is 30.9 Å². The second-order valence-corrected chi connectivity index (χ2v) is 6.63. The largest absolute Gasteiger partial charge is 0.364 e. The molecule has 2 aromatic rings. The number of hydrogen-bond acceptors (Lipinski definition) is 1. The van der Waals surface area contributed by atoms with E-state index in [0.717, 1.165) is 28.6 Å². The van der Waals surface area contributed by atoms with Crippen LogP contribution in [0.4, 0.5) is 5.69 Å². The number of anilines is 1. The Labute approximate surface area is 140 Å². The van der Waals surface area contributed by atoms with E-state index >= 15 is 0 Å². The highest BCUT2D eigenvalue weighted by Gasteiger charge is 2.25. The SMILES string of the molecule is Clc1ccc(N2CCCC[C@H]2c2ccc(Cl)cc2Cl)cc1. The minimum atomic E-state index is 0.296. The molecule has 0 saturated carbocycles. The molecule has 21 heavy (non-hydrogen) atoms. The fourth-order valence-electron chi connectivity index (χ4n) is 2.97. The summed E-state index contributed by atoms with van der Waals surface area (Å²) in [5, 5.41) is 2.18. The van der Waals surface area contributed by atoms with Crippen molar-refractivity contribution in [1.29, 1.82) is 0 Å². The van der Waals surface area contributed by atoms with Gasteiger partial charge in [-0.25, -0.2) is 0 Å². The van der Waals surface area contributed by atoms with Crippen molar-refractivity contribution in [2.75, 3.05) is 11.4 Å². The van der Waals surface area contributed by atoms with Gasteiger partial charge in [-0.3, -0.25) is 0 Å². The quantitative estimate of drug-likeness (QED) is 0.613. The molecule has 1 saturated heterocycles. The third-order valence-corrected chi connectivity index (χ3v) is 4.80. The number of halogens is 3. The second-order valence-electron chi connectivity index (χ2n) is 5.35. The predicted molar refractivity (Wildman–Crippen MR) is 91.9 cm³/mol. The van der Waals surface area contributed by atoms with Crippen LogP contribution in [-0.4, -0.2) is 6.54 Å². The summed E-state index contributed by atoms with van der Waals surface area (Å²) in [6.45, 7) is 1.03. The van der Waals surface area contributed by atoms with Gasteiger partial charge >= 0.3 is 0 Å². The maximum Gasteiger partial charge on any atom is 0.0557 e. The molecule has 3 rings (SSSR count). The third kappa shape index (κ3) is 3.31. The van der Waals surface area contributed by atoms with Crippen molar-refractivity contribution in [2.24, 2.45) is 0 Å². The molecule has 0 radical (unpaired) electrons. The van der Waals surface area contributed by atoms with Gasteiger partial charge in [-0.05, 0) is 61.2 Å². The molecule has 1 aliphatic rings. The highest BCUT2D eigenvalue weighted by Crippen LogP contribution is 2.38. The number of benzene rings is 2. The van der Waals surface area contributed by atoms with Crippen molar-refractivity contribution in [1.82, 2.24) is 0 Å². The van der Waals surface area contributed by atoms with Gasteiger partial charge in [0.25, 0.3) is 0 Å². The van der Waals surface area contributed by atoms with Gasteiger partial charge in [-0.1, -0.05) is 40.9 Å². The summed E-state index contributed by atoms with van der Waals surface area (Å²) in [7, 11) is 0. The Hall–Kier alpha value is -0.890. The Morgan fingerprint density at radius 2 is 1.57 bits per heavy atom. The molecule has 1 fully saturated rings. The van der Waals surface area contributed by atoms with Crippen LogP contribution >= 0.6 is 34.8 Å². The van der Waals surface area contributed by atoms with E-state index in [-0.39, 0.29) is 0 Å². The molecule has 1 atom stereocenters. The fourth-order valence-corrected chi connectivity index (χ4v) is 3.63. The lowest BCUT2D eigenvalue weighted by atomic mass is 9.94. The lowest BCUT2D eigenvalue weighted by molar-refractivity contribution is 0.473. The van der Waals surface area contributed by atoms with E-state index in [1.807, 2.05) is 30.3 Å². The number of rotatable bonds is 2. The van der Waals surface area contributed by atoms with Crippen LogP contribution in [0.25, 0.3) is 0 Å². The van der Waals surface area contributed by atoms with Crippen molar-refractivity contribution in [3.05, 3.63) is 63.1 Å². The summed E-state index contributed by atoms with van der Waals surface area (Å²) in [5.74, 6) is 0. The summed E-state index contributed by atoms with van der Waals surface area (Å²) in [6, 6.07) is 14.1. The molecule has 1 aliphatic heterocycles. The Morgan fingerprint density at radius 1 is 0.857 bits per heavy atom. The van der Waals surface area contributed by atoms with Crippen LogP contribution in [-0.2, 0) is 0 Å². The summed E-state index contributed by atoms with van der Waals surface area (Å²) < 4.78 is 0. The van der Waals surface area contributed by atoms with Crippen molar-refractivity contribution in [2.45, 2.75) is 25.3 Å². The number of nitrogens with zero attached hydrogens (tertiary/aromatic N) is 1. The third-order valence-electron chi connectivity index (χ3n) is 3.98. The van der Waals surface area contributed by atoms with E-state index in [9.17, 15) is 0 Å². The number of hydrogen-bond donors (Lipinski definition) is 0. The zero-order chi connectivity index (χ0) is 14.8. The predicted octanol–water partition coefficient (Wildman–Crippen LogP) is 6.38. The van der Waals surface area contributed by atoms with Crippen LogP contribution in [0, 0.1) is 0 Å². The van der Waals surface area contributed by atoms with Crippen LogP contribution in [0.15, 0.2) is 42.5 Å². The highest BCUT2D eigenvalue weighted by atomic mass is 35.5. The van der Waals surface area contributed by atoms with Crippen molar-refractivity contribution in [3.8, 4) is 0 Å². The molecule has 0 unspecified atom stereocenters. The van der Waals surface area contributed by atoms with E-state index in [2.05, 4.69) is 17.0 Å². The van der Waals surface area contributed by atoms with E-state index in [1.54, 1.807) is 0 Å². The van der Waals surface area contributed by atoms with Crippen LogP contribution in [0.5, 0.6) is 0 Å². The molecule has 1 heterocycles. The first-order chi connectivity index (χ1) is 10.1. The molecule has 0 spiro atoms. The molecule has 4 heteroatoms. The average molecular weight is 341 g/mol. The molecule has 2 aromatic carbocycles. The second kappa shape index (κ2) is 6.48. The van der Waals surface area contributed by atoms with Crippen molar-refractivity contribution in [3.63, 3.8) is 0 Å². The molecular weight excluding hydrogens is 325 g/mol. The Morgan fingerprint density at radius 3 is 2.29 bits per heavy atom. The summed E-state index contributed by atoms with van der Waals surface area (Å²) in [5.41, 5.74) is 2.34. The molecule has 0 bridgehead atoms. The van der Waals surface area contributed by atoms with Gasteiger partial charge in [-0.2, -0.15) is 0 Å². The van der Waals surface area contributed by atoms with Gasteiger partial charge in [0.1, 0.15) is 0 Å². The summed E-state index contributed by atoms with van der Waals surface area (Å²) in [6.07, 6.45) is 3.52. The topological polar surface area (TPSA) is 3.24 Å². The Balaban J connectivity index is 1.96. The Bertz CT molecular complexity index is 624. The van der Waals surface area contributed by atoms with E-state index in [1.165, 1.54) is 18.5 Å². The fraction of sp³-hybridized carbons (Fsp3) is 0.294. The molecule has 0 N–H and O–H groups in total. The monoisotopic (exact) mass is 339 g/mol. The highest BCUT2D eigenvalue weighted by molar-refractivity contribution is 6.35. The first-order valence-corrected chi connectivity index (χ1v) is 8.26. The summed E-state index contributed by atoms with van der Waals surface area (Å²) in [4.78, 5) is 2.41. The Kier molecular flexibility index (Phi) is 4.63. The average Bonchev–Trinajstić information content (AvgIpc) is 2.48. The van der Waals surface area contributed by atoms with E-state index in [4.69, 9.17) is 34.8 Å². The summed E-state index contributed by atoms with van der Waals surface area (Å²) >= 11 is 18.4. The van der Waals surface area contributed by atoms with E-state index < -0.39 is 0 Å². The van der Waals surface area contributed by atoms with Crippen LogP contribution in [0.2, 0.25) is 15.1 Å². The minimum absolute atomic E-state index is 0.296. The minimum Gasteiger partial charge on any atom is -0.364 e. The normalized spacial score (nSPS) is 18.8. The smallest absolute Gasteiger partial charge is 0.0557 e. The standard InChI is InChI=1S/C17H16Cl3N/c18-12-4-7-14(8-5-12)21-10-2-1-3-17(21)15-9-6-13(19)11-16(15)20/h4-9,11,17H,1-3,10H2/t17-/m0/s1. The van der Waals surface area contributed by atoms with Crippen LogP contribution < -0.4 is 4.90 Å². The lowest BCUT2D eigenvalue weighted by Gasteiger charge is -2.38. The van der Waals surface area contributed by atoms with Gasteiger partial charge in [-0.15, -0.1) is 0 Å². The lowest BCUT2D eigenvalue weighted by Crippen LogP contribution is -2.33. The molecule has 1 nitrogen and oxygen atoms in total. The van der Waals surface area contributed by atoms with Crippen molar-refractivity contribution < 1.29 is 0 Å². The molecular formula is C17H16Cl3N. The first-order valence-electron chi connectivity index (χ1n) is 7.12. The van der Waals surface area contributed by atoms with Gasteiger partial charge in [0, 0.05) is 27.3 Å². The first kappa shape index (κ1) is 15.0. The maximum absolute atomic E-state index is 6.41.